The van der Waals surface area contributed by atoms with Crippen LogP contribution in [0.4, 0.5) is 0 Å². The Morgan fingerprint density at radius 2 is 1.62 bits per heavy atom. The van der Waals surface area contributed by atoms with Gasteiger partial charge < -0.3 is 19.2 Å². The van der Waals surface area contributed by atoms with Crippen LogP contribution in [0.2, 0.25) is 0 Å². The number of carboxylic acids is 1. The van der Waals surface area contributed by atoms with E-state index in [-0.39, 0.29) is 51.4 Å². The Balaban J connectivity index is 0.00000243. The van der Waals surface area contributed by atoms with Crippen molar-refractivity contribution in [3.05, 3.63) is 60.3 Å². The van der Waals surface area contributed by atoms with Gasteiger partial charge in [-0.2, -0.15) is 0 Å². The summed E-state index contributed by atoms with van der Waals surface area (Å²) in [6.45, 7) is 5.52. The van der Waals surface area contributed by atoms with Gasteiger partial charge in [0.1, 0.15) is 6.10 Å². The van der Waals surface area contributed by atoms with Gasteiger partial charge in [-0.15, -0.1) is 0 Å². The molecule has 0 amide bonds. The number of aromatic nitrogens is 1. The first-order chi connectivity index (χ1) is 11.8. The Bertz CT molecular complexity index is 910. The zero-order valence-corrected chi connectivity index (χ0v) is 19.1. The van der Waals surface area contributed by atoms with E-state index < -0.39 is 17.7 Å². The van der Waals surface area contributed by atoms with Crippen LogP contribution < -0.4 is 56.5 Å². The zero-order chi connectivity index (χ0) is 18.2. The maximum absolute atomic E-state index is 11.9. The minimum atomic E-state index is -1.24. The predicted molar refractivity (Wildman–Crippen MR) is 96.9 cm³/mol. The summed E-state index contributed by atoms with van der Waals surface area (Å²) in [5.41, 5.74) is 2.77. The molecule has 2 aromatic carbocycles. The van der Waals surface area contributed by atoms with Gasteiger partial charge in [0, 0.05) is 23.5 Å². The topological polar surface area (TPSA) is 54.3 Å². The number of nitrogens with zero attached hydrogens (tertiary/aromatic N) is 1. The minimum Gasteiger partial charge on any atom is -0.547 e. The number of aliphatic carboxylic acids is 1. The molecule has 1 heterocycles. The fraction of sp³-hybridized carbons (Fsp3) is 0.286. The first-order valence-electron chi connectivity index (χ1n) is 8.31. The third-order valence-corrected chi connectivity index (χ3v) is 4.15. The van der Waals surface area contributed by atoms with E-state index in [0.29, 0.717) is 5.69 Å². The molecule has 3 rings (SSSR count). The van der Waals surface area contributed by atoms with Crippen molar-refractivity contribution in [1.29, 1.82) is 0 Å². The van der Waals surface area contributed by atoms with Crippen molar-refractivity contribution in [3.63, 3.8) is 0 Å². The second kappa shape index (κ2) is 8.38. The molecule has 0 aliphatic heterocycles. The minimum absolute atomic E-state index is 0. The second-order valence-electron chi connectivity index (χ2n) is 7.13. The number of ether oxygens (including phenoxy) is 1. The molecular weight excluding hydrogens is 353 g/mol. The molecule has 0 spiro atoms. The van der Waals surface area contributed by atoms with Crippen LogP contribution in [0.25, 0.3) is 22.0 Å². The van der Waals surface area contributed by atoms with Gasteiger partial charge in [0.25, 0.3) is 0 Å². The van der Waals surface area contributed by atoms with Gasteiger partial charge in [-0.25, -0.2) is 0 Å². The molecule has 4 nitrogen and oxygen atoms in total. The summed E-state index contributed by atoms with van der Waals surface area (Å²) >= 11 is 0. The Labute approximate surface area is 196 Å². The first kappa shape index (κ1) is 21.3. The quantitative estimate of drug-likeness (QED) is 0.623. The number of hydrogen-bond acceptors (Lipinski definition) is 3. The molecule has 0 aliphatic carbocycles. The Morgan fingerprint density at radius 1 is 1.04 bits per heavy atom. The van der Waals surface area contributed by atoms with E-state index in [0.717, 1.165) is 22.0 Å². The Kier molecular flexibility index (Phi) is 6.88. The number of fused-ring (bicyclic) bond motifs is 1. The summed E-state index contributed by atoms with van der Waals surface area (Å²) in [7, 11) is 1.87. The monoisotopic (exact) mass is 375 g/mol. The van der Waals surface area contributed by atoms with Crippen molar-refractivity contribution >= 4 is 16.9 Å². The van der Waals surface area contributed by atoms with E-state index >= 15 is 0 Å². The number of benzene rings is 2. The van der Waals surface area contributed by atoms with Crippen LogP contribution in [-0.4, -0.2) is 16.1 Å². The van der Waals surface area contributed by atoms with Gasteiger partial charge in [-0.05, 0) is 32.4 Å². The number of para-hydroxylation sites is 1. The smallest absolute Gasteiger partial charge is 0.547 e. The second-order valence-corrected chi connectivity index (χ2v) is 7.13. The largest absolute Gasteiger partial charge is 1.00 e. The van der Waals surface area contributed by atoms with Gasteiger partial charge in [0.15, 0.2) is 0 Å². The van der Waals surface area contributed by atoms with E-state index in [1.165, 1.54) is 0 Å². The van der Waals surface area contributed by atoms with Gasteiger partial charge >= 0.3 is 51.4 Å². The SMILES string of the molecule is Cn1c(C(OC(C)(C)C)C(=O)[O-])c(-c2ccccc2)c2ccccc21.[K+]. The molecule has 0 bridgehead atoms. The molecule has 0 N–H and O–H groups in total. The molecule has 1 unspecified atom stereocenters. The molecule has 1 atom stereocenters. The van der Waals surface area contributed by atoms with Crippen molar-refractivity contribution in [3.8, 4) is 11.1 Å². The number of aryl methyl sites for hydroxylation is 1. The molecule has 0 saturated heterocycles. The zero-order valence-electron chi connectivity index (χ0n) is 15.9. The van der Waals surface area contributed by atoms with E-state index in [4.69, 9.17) is 4.74 Å². The summed E-state index contributed by atoms with van der Waals surface area (Å²) in [5, 5.41) is 12.9. The molecule has 0 saturated carbocycles. The Morgan fingerprint density at radius 3 is 2.19 bits per heavy atom. The van der Waals surface area contributed by atoms with Crippen LogP contribution in [0, 0.1) is 0 Å². The van der Waals surface area contributed by atoms with E-state index in [1.807, 2.05) is 87.0 Å². The fourth-order valence-electron chi connectivity index (χ4n) is 3.20. The van der Waals surface area contributed by atoms with Gasteiger partial charge in [0.05, 0.1) is 17.3 Å². The molecule has 3 aromatic rings. The third-order valence-electron chi connectivity index (χ3n) is 4.15. The van der Waals surface area contributed by atoms with E-state index in [1.54, 1.807) is 0 Å². The molecular formula is C21H22KNO3. The van der Waals surface area contributed by atoms with Gasteiger partial charge in [0.2, 0.25) is 0 Å². The average Bonchev–Trinajstić information content (AvgIpc) is 2.85. The van der Waals surface area contributed by atoms with Crippen molar-refractivity contribution < 1.29 is 66.0 Å². The van der Waals surface area contributed by atoms with Crippen LogP contribution in [0.5, 0.6) is 0 Å². The van der Waals surface area contributed by atoms with Crippen LogP contribution in [0.15, 0.2) is 54.6 Å². The summed E-state index contributed by atoms with van der Waals surface area (Å²) in [4.78, 5) is 11.9. The van der Waals surface area contributed by atoms with E-state index in [2.05, 4.69) is 0 Å². The van der Waals surface area contributed by atoms with Crippen LogP contribution >= 0.6 is 0 Å². The van der Waals surface area contributed by atoms with Crippen molar-refractivity contribution in [2.45, 2.75) is 32.5 Å². The molecule has 0 aliphatic rings. The summed E-state index contributed by atoms with van der Waals surface area (Å²) < 4.78 is 7.77. The van der Waals surface area contributed by atoms with Crippen LogP contribution in [-0.2, 0) is 16.6 Å². The summed E-state index contributed by atoms with van der Waals surface area (Å²) in [5.74, 6) is -1.24. The van der Waals surface area contributed by atoms with Gasteiger partial charge in [-0.3, -0.25) is 0 Å². The molecule has 130 valence electrons. The summed E-state index contributed by atoms with van der Waals surface area (Å²) in [6.07, 6.45) is -1.16. The van der Waals surface area contributed by atoms with Crippen molar-refractivity contribution in [2.24, 2.45) is 7.05 Å². The number of hydrogen-bond donors (Lipinski definition) is 0. The van der Waals surface area contributed by atoms with Crippen LogP contribution in [0.3, 0.4) is 0 Å². The fourth-order valence-corrected chi connectivity index (χ4v) is 3.20. The Hall–Kier alpha value is -0.954. The average molecular weight is 376 g/mol. The predicted octanol–water partition coefficient (Wildman–Crippen LogP) is 0.455. The van der Waals surface area contributed by atoms with Crippen molar-refractivity contribution in [2.75, 3.05) is 0 Å². The van der Waals surface area contributed by atoms with Crippen molar-refractivity contribution in [1.82, 2.24) is 4.57 Å². The molecule has 5 heteroatoms. The first-order valence-corrected chi connectivity index (χ1v) is 8.31. The molecule has 1 aromatic heterocycles. The van der Waals surface area contributed by atoms with E-state index in [9.17, 15) is 9.90 Å². The van der Waals surface area contributed by atoms with Crippen LogP contribution in [0.1, 0.15) is 32.6 Å². The summed E-state index contributed by atoms with van der Waals surface area (Å²) in [6, 6.07) is 17.7. The molecule has 0 fully saturated rings. The van der Waals surface area contributed by atoms with Gasteiger partial charge in [-0.1, -0.05) is 48.5 Å². The normalized spacial score (nSPS) is 12.6. The maximum Gasteiger partial charge on any atom is 1.00 e. The number of carbonyl (C=O) groups is 1. The number of rotatable bonds is 4. The third kappa shape index (κ3) is 4.30. The standard InChI is InChI=1S/C21H23NO3.K/c1-21(2,3)25-19(20(23)24)18-17(14-10-6-5-7-11-14)15-12-8-9-13-16(15)22(18)4;/h5-13,19H,1-4H3,(H,23,24);/q;+1/p-1. The number of carbonyl (C=O) groups excluding carboxylic acids is 1. The molecule has 0 radical (unpaired) electrons. The molecule has 26 heavy (non-hydrogen) atoms. The maximum atomic E-state index is 11.9. The number of carboxylic acid groups (broad SMARTS) is 1.